The molecule has 1 aliphatic rings. The number of thioether (sulfide) groups is 1. The van der Waals surface area contributed by atoms with Crippen LogP contribution in [-0.4, -0.2) is 34.8 Å². The molecule has 1 heterocycles. The van der Waals surface area contributed by atoms with E-state index < -0.39 is 0 Å². The van der Waals surface area contributed by atoms with Gasteiger partial charge < -0.3 is 9.47 Å². The van der Waals surface area contributed by atoms with Gasteiger partial charge in [0.25, 0.3) is 5.91 Å². The van der Waals surface area contributed by atoms with E-state index >= 15 is 0 Å². The third kappa shape index (κ3) is 5.68. The van der Waals surface area contributed by atoms with Gasteiger partial charge in [-0.1, -0.05) is 72.5 Å². The lowest BCUT2D eigenvalue weighted by molar-refractivity contribution is -0.141. The molecule has 0 N–H and O–H groups in total. The molecule has 1 saturated heterocycles. The molecule has 29 heavy (non-hydrogen) atoms. The molecule has 1 aliphatic heterocycles. The van der Waals surface area contributed by atoms with Gasteiger partial charge in [0.05, 0.1) is 12.0 Å². The molecule has 1 fully saturated rings. The van der Waals surface area contributed by atoms with Crippen molar-refractivity contribution in [2.75, 3.05) is 13.7 Å². The molecular formula is C22H21NO4S2. The minimum absolute atomic E-state index is 0.150. The fraction of sp³-hybridized carbons (Fsp3) is 0.227. The Balaban J connectivity index is 1.69. The number of thiocarbonyl (C=S) groups is 1. The SMILES string of the molecule is COC(=O)CCCN1C(=O)/C(=C/c2ccccc2OCc2ccccc2)SC1=S. The summed E-state index contributed by atoms with van der Waals surface area (Å²) in [7, 11) is 1.35. The van der Waals surface area contributed by atoms with Crippen molar-refractivity contribution in [2.24, 2.45) is 0 Å². The number of carbonyl (C=O) groups excluding carboxylic acids is 2. The first-order chi connectivity index (χ1) is 14.1. The fourth-order valence-electron chi connectivity index (χ4n) is 2.78. The zero-order valence-corrected chi connectivity index (χ0v) is 17.6. The number of carbonyl (C=O) groups is 2. The van der Waals surface area contributed by atoms with Crippen LogP contribution in [0.15, 0.2) is 59.5 Å². The van der Waals surface area contributed by atoms with E-state index in [1.165, 1.54) is 23.8 Å². The van der Waals surface area contributed by atoms with Gasteiger partial charge >= 0.3 is 5.97 Å². The number of ether oxygens (including phenoxy) is 2. The molecule has 0 radical (unpaired) electrons. The molecule has 3 rings (SSSR count). The van der Waals surface area contributed by atoms with Crippen LogP contribution in [0.25, 0.3) is 6.08 Å². The average Bonchev–Trinajstić information content (AvgIpc) is 3.01. The van der Waals surface area contributed by atoms with Crippen molar-refractivity contribution in [1.29, 1.82) is 0 Å². The highest BCUT2D eigenvalue weighted by Gasteiger charge is 2.31. The van der Waals surface area contributed by atoms with Crippen LogP contribution in [0.3, 0.4) is 0 Å². The minimum atomic E-state index is -0.296. The normalized spacial score (nSPS) is 15.1. The second kappa shape index (κ2) is 10.2. The number of rotatable bonds is 8. The van der Waals surface area contributed by atoms with E-state index in [-0.39, 0.29) is 18.3 Å². The number of benzene rings is 2. The number of nitrogens with zero attached hydrogens (tertiary/aromatic N) is 1. The maximum absolute atomic E-state index is 12.7. The van der Waals surface area contributed by atoms with Crippen molar-refractivity contribution in [3.8, 4) is 5.75 Å². The first-order valence-electron chi connectivity index (χ1n) is 9.16. The zero-order valence-electron chi connectivity index (χ0n) is 16.0. The van der Waals surface area contributed by atoms with Crippen molar-refractivity contribution >= 4 is 46.3 Å². The molecule has 5 nitrogen and oxygen atoms in total. The van der Waals surface area contributed by atoms with Gasteiger partial charge in [-0.15, -0.1) is 0 Å². The van der Waals surface area contributed by atoms with Crippen LogP contribution in [0.5, 0.6) is 5.75 Å². The largest absolute Gasteiger partial charge is 0.488 e. The summed E-state index contributed by atoms with van der Waals surface area (Å²) in [5, 5.41) is 0. The zero-order chi connectivity index (χ0) is 20.6. The lowest BCUT2D eigenvalue weighted by atomic mass is 10.1. The van der Waals surface area contributed by atoms with Crippen LogP contribution in [0.1, 0.15) is 24.0 Å². The van der Waals surface area contributed by atoms with Gasteiger partial charge in [0.2, 0.25) is 0 Å². The molecular weight excluding hydrogens is 406 g/mol. The van der Waals surface area contributed by atoms with Crippen LogP contribution >= 0.6 is 24.0 Å². The third-order valence-corrected chi connectivity index (χ3v) is 5.68. The highest BCUT2D eigenvalue weighted by Crippen LogP contribution is 2.34. The summed E-state index contributed by atoms with van der Waals surface area (Å²) in [4.78, 5) is 26.1. The number of amides is 1. The predicted octanol–water partition coefficient (Wildman–Crippen LogP) is 4.42. The van der Waals surface area contributed by atoms with Gasteiger partial charge in [0, 0.05) is 18.5 Å². The summed E-state index contributed by atoms with van der Waals surface area (Å²) in [6.45, 7) is 0.837. The highest BCUT2D eigenvalue weighted by atomic mass is 32.2. The molecule has 2 aromatic carbocycles. The van der Waals surface area contributed by atoms with Gasteiger partial charge in [-0.2, -0.15) is 0 Å². The van der Waals surface area contributed by atoms with Crippen LogP contribution in [-0.2, 0) is 20.9 Å². The molecule has 0 bridgehead atoms. The van der Waals surface area contributed by atoms with Crippen molar-refractivity contribution in [3.63, 3.8) is 0 Å². The van der Waals surface area contributed by atoms with E-state index in [0.717, 1.165) is 11.1 Å². The molecule has 0 spiro atoms. The number of esters is 1. The summed E-state index contributed by atoms with van der Waals surface area (Å²) in [5.74, 6) is 0.255. The first-order valence-corrected chi connectivity index (χ1v) is 10.4. The topological polar surface area (TPSA) is 55.8 Å². The van der Waals surface area contributed by atoms with Gasteiger partial charge in [0.15, 0.2) is 0 Å². The van der Waals surface area contributed by atoms with Crippen LogP contribution in [0, 0.1) is 0 Å². The standard InChI is InChI=1S/C22H21NO4S2/c1-26-20(24)12-7-13-23-21(25)19(29-22(23)28)14-17-10-5-6-11-18(17)27-15-16-8-3-2-4-9-16/h2-6,8-11,14H,7,12-13,15H2,1H3/b19-14-. The summed E-state index contributed by atoms with van der Waals surface area (Å²) < 4.78 is 11.1. The van der Waals surface area contributed by atoms with Gasteiger partial charge in [-0.3, -0.25) is 14.5 Å². The highest BCUT2D eigenvalue weighted by molar-refractivity contribution is 8.26. The van der Waals surface area contributed by atoms with Crippen molar-refractivity contribution in [3.05, 3.63) is 70.6 Å². The smallest absolute Gasteiger partial charge is 0.305 e. The van der Waals surface area contributed by atoms with Gasteiger partial charge in [0.1, 0.15) is 16.7 Å². The second-order valence-electron chi connectivity index (χ2n) is 6.33. The van der Waals surface area contributed by atoms with Crippen LogP contribution < -0.4 is 4.74 Å². The van der Waals surface area contributed by atoms with E-state index in [1.807, 2.05) is 54.6 Å². The van der Waals surface area contributed by atoms with Gasteiger partial charge in [-0.05, 0) is 24.1 Å². The fourth-order valence-corrected chi connectivity index (χ4v) is 4.08. The quantitative estimate of drug-likeness (QED) is 0.353. The minimum Gasteiger partial charge on any atom is -0.488 e. The molecule has 0 atom stereocenters. The lowest BCUT2D eigenvalue weighted by Crippen LogP contribution is -2.29. The summed E-state index contributed by atoms with van der Waals surface area (Å²) in [5.41, 5.74) is 1.89. The molecule has 0 unspecified atom stereocenters. The predicted molar refractivity (Wildman–Crippen MR) is 118 cm³/mol. The summed E-state index contributed by atoms with van der Waals surface area (Å²) in [6, 6.07) is 17.5. The Labute approximate surface area is 179 Å². The second-order valence-corrected chi connectivity index (χ2v) is 8.00. The first kappa shape index (κ1) is 21.1. The maximum atomic E-state index is 12.7. The summed E-state index contributed by atoms with van der Waals surface area (Å²) >= 11 is 6.61. The average molecular weight is 428 g/mol. The Hall–Kier alpha value is -2.64. The number of hydrogen-bond donors (Lipinski definition) is 0. The van der Waals surface area contributed by atoms with Crippen molar-refractivity contribution < 1.29 is 19.1 Å². The molecule has 1 amide bonds. The molecule has 150 valence electrons. The third-order valence-electron chi connectivity index (χ3n) is 4.31. The van der Waals surface area contributed by atoms with Crippen LogP contribution in [0.2, 0.25) is 0 Å². The number of hydrogen-bond acceptors (Lipinski definition) is 6. The van der Waals surface area contributed by atoms with Crippen molar-refractivity contribution in [2.45, 2.75) is 19.4 Å². The molecule has 0 saturated carbocycles. The van der Waals surface area contributed by atoms with Crippen molar-refractivity contribution in [1.82, 2.24) is 4.90 Å². The Morgan fingerprint density at radius 2 is 1.86 bits per heavy atom. The molecule has 0 aromatic heterocycles. The summed E-state index contributed by atoms with van der Waals surface area (Å²) in [6.07, 6.45) is 2.56. The monoisotopic (exact) mass is 427 g/mol. The van der Waals surface area contributed by atoms with E-state index in [2.05, 4.69) is 4.74 Å². The van der Waals surface area contributed by atoms with E-state index in [1.54, 1.807) is 6.08 Å². The van der Waals surface area contributed by atoms with Crippen LogP contribution in [0.4, 0.5) is 0 Å². The van der Waals surface area contributed by atoms with E-state index in [0.29, 0.717) is 34.5 Å². The Morgan fingerprint density at radius 1 is 1.14 bits per heavy atom. The van der Waals surface area contributed by atoms with Gasteiger partial charge in [-0.25, -0.2) is 0 Å². The van der Waals surface area contributed by atoms with E-state index in [9.17, 15) is 9.59 Å². The van der Waals surface area contributed by atoms with E-state index in [4.69, 9.17) is 17.0 Å². The number of methoxy groups -OCH3 is 1. The Kier molecular flexibility index (Phi) is 7.43. The maximum Gasteiger partial charge on any atom is 0.305 e. The number of para-hydroxylation sites is 1. The lowest BCUT2D eigenvalue weighted by Gasteiger charge is -2.13. The molecule has 0 aliphatic carbocycles. The Morgan fingerprint density at radius 3 is 2.62 bits per heavy atom. The Bertz CT molecular complexity index is 927. The molecule has 7 heteroatoms. The molecule has 2 aromatic rings.